The largest absolute Gasteiger partial charge is 0.444 e. The highest BCUT2D eigenvalue weighted by Gasteiger charge is 2.19. The molecular weight excluding hydrogens is 307 g/mol. The highest BCUT2D eigenvalue weighted by atomic mass is 35.5. The second kappa shape index (κ2) is 8.34. The normalized spacial score (nSPS) is 11.4. The summed E-state index contributed by atoms with van der Waals surface area (Å²) in [6.07, 6.45) is 0.408. The number of hydrogen-bond donors (Lipinski definition) is 1. The summed E-state index contributed by atoms with van der Waals surface area (Å²) in [7, 11) is 1.70. The number of halogens is 2. The zero-order valence-corrected chi connectivity index (χ0v) is 14.3. The molecule has 0 spiro atoms. The molecule has 0 aromatic heterocycles. The Labute approximate surface area is 136 Å². The Morgan fingerprint density at radius 2 is 2.09 bits per heavy atom. The third-order valence-corrected chi connectivity index (χ3v) is 3.19. The molecular formula is C16H24ClFN2O2. The molecule has 6 heteroatoms. The van der Waals surface area contributed by atoms with Crippen molar-refractivity contribution >= 4 is 17.7 Å². The van der Waals surface area contributed by atoms with E-state index in [9.17, 15) is 9.18 Å². The molecule has 22 heavy (non-hydrogen) atoms. The first-order chi connectivity index (χ1) is 10.2. The van der Waals surface area contributed by atoms with E-state index >= 15 is 0 Å². The second-order valence-electron chi connectivity index (χ2n) is 6.15. The van der Waals surface area contributed by atoms with Crippen LogP contribution in [0.3, 0.4) is 0 Å². The van der Waals surface area contributed by atoms with E-state index in [2.05, 4.69) is 5.32 Å². The minimum atomic E-state index is -0.492. The third kappa shape index (κ3) is 6.62. The molecule has 0 aliphatic heterocycles. The van der Waals surface area contributed by atoms with Crippen LogP contribution in [0.15, 0.2) is 18.2 Å². The first-order valence-corrected chi connectivity index (χ1v) is 7.66. The van der Waals surface area contributed by atoms with Crippen molar-refractivity contribution in [2.24, 2.45) is 0 Å². The summed E-state index contributed by atoms with van der Waals surface area (Å²) in [6, 6.07) is 4.94. The van der Waals surface area contributed by atoms with Crippen molar-refractivity contribution in [2.75, 3.05) is 20.1 Å². The average Bonchev–Trinajstić information content (AvgIpc) is 2.40. The molecule has 0 aliphatic rings. The van der Waals surface area contributed by atoms with E-state index < -0.39 is 5.60 Å². The lowest BCUT2D eigenvalue weighted by molar-refractivity contribution is 0.0297. The lowest BCUT2D eigenvalue weighted by Crippen LogP contribution is -2.35. The van der Waals surface area contributed by atoms with Crippen LogP contribution in [0, 0.1) is 5.82 Å². The van der Waals surface area contributed by atoms with Crippen LogP contribution in [0.1, 0.15) is 32.8 Å². The average molecular weight is 331 g/mol. The summed E-state index contributed by atoms with van der Waals surface area (Å²) in [5, 5.41) is 3.26. The van der Waals surface area contributed by atoms with Crippen molar-refractivity contribution in [1.29, 1.82) is 0 Å². The van der Waals surface area contributed by atoms with Gasteiger partial charge >= 0.3 is 6.09 Å². The van der Waals surface area contributed by atoms with E-state index in [0.717, 1.165) is 6.42 Å². The van der Waals surface area contributed by atoms with Gasteiger partial charge in [0.15, 0.2) is 0 Å². The molecule has 124 valence electrons. The summed E-state index contributed by atoms with van der Waals surface area (Å²) >= 11 is 5.72. The van der Waals surface area contributed by atoms with Gasteiger partial charge in [-0.15, -0.1) is 0 Å². The van der Waals surface area contributed by atoms with Crippen molar-refractivity contribution < 1.29 is 13.9 Å². The van der Waals surface area contributed by atoms with Crippen molar-refractivity contribution in [3.63, 3.8) is 0 Å². The van der Waals surface area contributed by atoms with Gasteiger partial charge < -0.3 is 15.0 Å². The predicted molar refractivity (Wildman–Crippen MR) is 86.6 cm³/mol. The lowest BCUT2D eigenvalue weighted by atomic mass is 10.2. The zero-order chi connectivity index (χ0) is 16.8. The summed E-state index contributed by atoms with van der Waals surface area (Å²) in [5.74, 6) is -0.387. The smallest absolute Gasteiger partial charge is 0.410 e. The molecule has 0 aliphatic carbocycles. The van der Waals surface area contributed by atoms with Crippen LogP contribution >= 0.6 is 11.6 Å². The maximum atomic E-state index is 13.7. The predicted octanol–water partition coefficient (Wildman–Crippen LogP) is 3.83. The Kier molecular flexibility index (Phi) is 7.10. The van der Waals surface area contributed by atoms with Crippen LogP contribution in [-0.2, 0) is 11.3 Å². The van der Waals surface area contributed by atoms with Gasteiger partial charge in [-0.05, 0) is 39.8 Å². The van der Waals surface area contributed by atoms with E-state index in [4.69, 9.17) is 16.3 Å². The van der Waals surface area contributed by atoms with Gasteiger partial charge in [-0.25, -0.2) is 9.18 Å². The second-order valence-corrected chi connectivity index (χ2v) is 6.55. The molecule has 4 nitrogen and oxygen atoms in total. The van der Waals surface area contributed by atoms with Crippen molar-refractivity contribution in [1.82, 2.24) is 10.2 Å². The van der Waals surface area contributed by atoms with Crippen LogP contribution in [0.25, 0.3) is 0 Å². The minimum Gasteiger partial charge on any atom is -0.444 e. The standard InChI is InChI=1S/C16H24ClFN2O2/c1-16(2,3)22-15(21)20(4)10-6-9-19-11-12-7-5-8-13(17)14(12)18/h5,7-8,19H,6,9-11H2,1-4H3. The number of nitrogens with zero attached hydrogens (tertiary/aromatic N) is 1. The number of nitrogens with one attached hydrogen (secondary N) is 1. The molecule has 0 heterocycles. The number of benzene rings is 1. The van der Waals surface area contributed by atoms with Gasteiger partial charge in [-0.1, -0.05) is 23.7 Å². The van der Waals surface area contributed by atoms with Crippen LogP contribution in [-0.4, -0.2) is 36.7 Å². The van der Waals surface area contributed by atoms with E-state index in [0.29, 0.717) is 25.2 Å². The maximum absolute atomic E-state index is 13.7. The number of ether oxygens (including phenoxy) is 1. The number of hydrogen-bond acceptors (Lipinski definition) is 3. The van der Waals surface area contributed by atoms with E-state index in [1.165, 1.54) is 11.0 Å². The Bertz CT molecular complexity index is 503. The Morgan fingerprint density at radius 1 is 1.41 bits per heavy atom. The number of carbonyl (C=O) groups excluding carboxylic acids is 1. The maximum Gasteiger partial charge on any atom is 0.410 e. The summed E-state index contributed by atoms with van der Waals surface area (Å²) < 4.78 is 18.9. The van der Waals surface area contributed by atoms with Gasteiger partial charge in [0.05, 0.1) is 5.02 Å². The van der Waals surface area contributed by atoms with E-state index in [1.807, 2.05) is 20.8 Å². The molecule has 0 fully saturated rings. The number of rotatable bonds is 6. The lowest BCUT2D eigenvalue weighted by Gasteiger charge is -2.24. The first-order valence-electron chi connectivity index (χ1n) is 7.28. The van der Waals surface area contributed by atoms with Gasteiger partial charge in [-0.2, -0.15) is 0 Å². The first kappa shape index (κ1) is 18.7. The Balaban J connectivity index is 2.25. The monoisotopic (exact) mass is 330 g/mol. The van der Waals surface area contributed by atoms with E-state index in [1.54, 1.807) is 19.2 Å². The number of amides is 1. The summed E-state index contributed by atoms with van der Waals surface area (Å²) in [6.45, 7) is 7.14. The molecule has 0 saturated heterocycles. The quantitative estimate of drug-likeness (QED) is 0.806. The van der Waals surface area contributed by atoms with Crippen molar-refractivity contribution in [2.45, 2.75) is 39.3 Å². The van der Waals surface area contributed by atoms with Gasteiger partial charge in [0.2, 0.25) is 0 Å². The van der Waals surface area contributed by atoms with E-state index in [-0.39, 0.29) is 16.9 Å². The summed E-state index contributed by atoms with van der Waals surface area (Å²) in [4.78, 5) is 13.3. The van der Waals surface area contributed by atoms with Crippen LogP contribution in [0.4, 0.5) is 9.18 Å². The molecule has 1 aromatic carbocycles. The Hall–Kier alpha value is -1.33. The van der Waals surface area contributed by atoms with Gasteiger partial charge in [-0.3, -0.25) is 0 Å². The molecule has 1 rings (SSSR count). The highest BCUT2D eigenvalue weighted by molar-refractivity contribution is 6.30. The third-order valence-electron chi connectivity index (χ3n) is 2.90. The van der Waals surface area contributed by atoms with Crippen LogP contribution < -0.4 is 5.32 Å². The Morgan fingerprint density at radius 3 is 2.73 bits per heavy atom. The summed E-state index contributed by atoms with van der Waals surface area (Å²) in [5.41, 5.74) is 0.0428. The molecule has 1 aromatic rings. The molecule has 0 unspecified atom stereocenters. The molecule has 1 N–H and O–H groups in total. The molecule has 0 bridgehead atoms. The fourth-order valence-corrected chi connectivity index (χ4v) is 1.97. The zero-order valence-electron chi connectivity index (χ0n) is 13.6. The fraction of sp³-hybridized carbons (Fsp3) is 0.562. The van der Waals surface area contributed by atoms with Crippen molar-refractivity contribution in [3.8, 4) is 0 Å². The topological polar surface area (TPSA) is 41.6 Å². The van der Waals surface area contributed by atoms with Gasteiger partial charge in [0, 0.05) is 25.7 Å². The molecule has 0 radical (unpaired) electrons. The van der Waals surface area contributed by atoms with Gasteiger partial charge in [0.1, 0.15) is 11.4 Å². The molecule has 1 amide bonds. The van der Waals surface area contributed by atoms with Crippen molar-refractivity contribution in [3.05, 3.63) is 34.6 Å². The minimum absolute atomic E-state index is 0.129. The van der Waals surface area contributed by atoms with Gasteiger partial charge in [0.25, 0.3) is 0 Å². The van der Waals surface area contributed by atoms with Crippen LogP contribution in [0.5, 0.6) is 0 Å². The fourth-order valence-electron chi connectivity index (χ4n) is 1.78. The number of carbonyl (C=O) groups is 1. The van der Waals surface area contributed by atoms with Crippen LogP contribution in [0.2, 0.25) is 5.02 Å². The highest BCUT2D eigenvalue weighted by Crippen LogP contribution is 2.17. The SMILES string of the molecule is CN(CCCNCc1cccc(Cl)c1F)C(=O)OC(C)(C)C. The molecule has 0 atom stereocenters. The molecule has 0 saturated carbocycles.